The number of rotatable bonds is 9. The molecule has 30 heavy (non-hydrogen) atoms. The first-order valence-corrected chi connectivity index (χ1v) is 10.4. The molecule has 0 aliphatic carbocycles. The molecule has 3 aromatic rings. The van der Waals surface area contributed by atoms with Crippen LogP contribution in [0.4, 0.5) is 4.39 Å². The summed E-state index contributed by atoms with van der Waals surface area (Å²) in [5.41, 5.74) is 2.80. The first-order chi connectivity index (χ1) is 14.5. The topological polar surface area (TPSA) is 39.7 Å². The first kappa shape index (κ1) is 22.4. The minimum absolute atomic E-state index is 0.194. The van der Waals surface area contributed by atoms with Crippen LogP contribution in [0.5, 0.6) is 17.2 Å². The van der Waals surface area contributed by atoms with Crippen LogP contribution in [0.3, 0.4) is 0 Å². The smallest absolute Gasteiger partial charge is 0.175 e. The van der Waals surface area contributed by atoms with Crippen molar-refractivity contribution in [3.05, 3.63) is 86.6 Å². The van der Waals surface area contributed by atoms with Crippen molar-refractivity contribution in [1.82, 2.24) is 5.32 Å². The zero-order valence-electron chi connectivity index (χ0n) is 16.7. The highest BCUT2D eigenvalue weighted by Gasteiger charge is 2.13. The highest BCUT2D eigenvalue weighted by Crippen LogP contribution is 2.37. The van der Waals surface area contributed by atoms with Crippen LogP contribution in [0, 0.1) is 5.82 Å². The fourth-order valence-electron chi connectivity index (χ4n) is 2.99. The second-order valence-electron chi connectivity index (χ2n) is 6.55. The summed E-state index contributed by atoms with van der Waals surface area (Å²) in [5.74, 6) is 1.63. The fourth-order valence-corrected chi connectivity index (χ4v) is 3.82. The molecule has 7 heteroatoms. The molecule has 0 heterocycles. The molecule has 0 saturated heterocycles. The number of hydrogen-bond donors (Lipinski definition) is 1. The molecular weight excluding hydrogens is 473 g/mol. The van der Waals surface area contributed by atoms with Crippen molar-refractivity contribution in [2.45, 2.75) is 19.7 Å². The van der Waals surface area contributed by atoms with Gasteiger partial charge in [-0.15, -0.1) is 0 Å². The Morgan fingerprint density at radius 1 is 0.933 bits per heavy atom. The van der Waals surface area contributed by atoms with Gasteiger partial charge in [0.15, 0.2) is 11.5 Å². The van der Waals surface area contributed by atoms with E-state index < -0.39 is 0 Å². The third-order valence-corrected chi connectivity index (χ3v) is 5.45. The first-order valence-electron chi connectivity index (χ1n) is 9.27. The summed E-state index contributed by atoms with van der Waals surface area (Å²) in [7, 11) is 3.25. The number of para-hydroxylation sites is 1. The Morgan fingerprint density at radius 2 is 1.70 bits per heavy atom. The molecule has 158 valence electrons. The van der Waals surface area contributed by atoms with Crippen molar-refractivity contribution >= 4 is 27.5 Å². The Balaban J connectivity index is 1.67. The summed E-state index contributed by atoms with van der Waals surface area (Å²) < 4.78 is 30.8. The van der Waals surface area contributed by atoms with Gasteiger partial charge in [-0.3, -0.25) is 0 Å². The number of methoxy groups -OCH3 is 2. The van der Waals surface area contributed by atoms with E-state index in [4.69, 9.17) is 25.8 Å². The molecule has 0 spiro atoms. The zero-order valence-corrected chi connectivity index (χ0v) is 19.0. The van der Waals surface area contributed by atoms with Crippen LogP contribution in [0.15, 0.2) is 59.1 Å². The van der Waals surface area contributed by atoms with Crippen LogP contribution in [0.2, 0.25) is 5.02 Å². The van der Waals surface area contributed by atoms with Gasteiger partial charge in [0.1, 0.15) is 18.2 Å². The average molecular weight is 495 g/mol. The SMILES string of the molecule is COc1ccccc1CNCc1cc(Br)c(OCc2ccc(F)cc2Cl)c(OC)c1. The Morgan fingerprint density at radius 3 is 2.43 bits per heavy atom. The maximum Gasteiger partial charge on any atom is 0.175 e. The van der Waals surface area contributed by atoms with Crippen molar-refractivity contribution in [3.8, 4) is 17.2 Å². The molecule has 0 unspecified atom stereocenters. The van der Waals surface area contributed by atoms with E-state index in [2.05, 4.69) is 21.2 Å². The van der Waals surface area contributed by atoms with Crippen molar-refractivity contribution in [3.63, 3.8) is 0 Å². The average Bonchev–Trinajstić information content (AvgIpc) is 2.74. The normalized spacial score (nSPS) is 10.7. The molecule has 0 radical (unpaired) electrons. The molecular formula is C23H22BrClFNO3. The van der Waals surface area contributed by atoms with Crippen LogP contribution in [0.1, 0.15) is 16.7 Å². The minimum Gasteiger partial charge on any atom is -0.496 e. The molecule has 0 saturated carbocycles. The predicted molar refractivity (Wildman–Crippen MR) is 120 cm³/mol. The van der Waals surface area contributed by atoms with Crippen molar-refractivity contribution in [2.24, 2.45) is 0 Å². The largest absolute Gasteiger partial charge is 0.496 e. The third kappa shape index (κ3) is 5.65. The molecule has 0 atom stereocenters. The number of hydrogen-bond acceptors (Lipinski definition) is 4. The molecule has 0 amide bonds. The van der Waals surface area contributed by atoms with Gasteiger partial charge in [-0.25, -0.2) is 4.39 Å². The van der Waals surface area contributed by atoms with Gasteiger partial charge in [0.2, 0.25) is 0 Å². The van der Waals surface area contributed by atoms with E-state index in [9.17, 15) is 4.39 Å². The second kappa shape index (κ2) is 10.7. The molecule has 1 N–H and O–H groups in total. The molecule has 0 fully saturated rings. The molecule has 0 aromatic heterocycles. The van der Waals surface area contributed by atoms with Gasteiger partial charge in [0, 0.05) is 24.2 Å². The summed E-state index contributed by atoms with van der Waals surface area (Å²) in [6.07, 6.45) is 0. The van der Waals surface area contributed by atoms with Gasteiger partial charge in [-0.2, -0.15) is 0 Å². The Labute approximate surface area is 189 Å². The Bertz CT molecular complexity index is 1020. The maximum atomic E-state index is 13.2. The fraction of sp³-hybridized carbons (Fsp3) is 0.217. The van der Waals surface area contributed by atoms with Gasteiger partial charge < -0.3 is 19.5 Å². The van der Waals surface area contributed by atoms with Crippen LogP contribution in [0.25, 0.3) is 0 Å². The summed E-state index contributed by atoms with van der Waals surface area (Å²) in [4.78, 5) is 0. The highest BCUT2D eigenvalue weighted by atomic mass is 79.9. The standard InChI is InChI=1S/C23H22BrClFNO3/c1-28-21-6-4-3-5-16(21)13-27-12-15-9-19(24)23(22(10-15)29-2)30-14-17-7-8-18(26)11-20(17)25/h3-11,27H,12-14H2,1-2H3. The molecule has 0 bridgehead atoms. The lowest BCUT2D eigenvalue weighted by Crippen LogP contribution is -2.13. The molecule has 3 rings (SSSR count). The highest BCUT2D eigenvalue weighted by molar-refractivity contribution is 9.10. The van der Waals surface area contributed by atoms with Gasteiger partial charge in [0.25, 0.3) is 0 Å². The summed E-state index contributed by atoms with van der Waals surface area (Å²) in [5, 5.41) is 3.73. The minimum atomic E-state index is -0.382. The summed E-state index contributed by atoms with van der Waals surface area (Å²) >= 11 is 9.64. The van der Waals surface area contributed by atoms with E-state index in [1.54, 1.807) is 20.3 Å². The lowest BCUT2D eigenvalue weighted by molar-refractivity contribution is 0.282. The van der Waals surface area contributed by atoms with Gasteiger partial charge in [0.05, 0.1) is 23.7 Å². The Kier molecular flexibility index (Phi) is 7.96. The number of benzene rings is 3. The molecule has 3 aromatic carbocycles. The van der Waals surface area contributed by atoms with Crippen molar-refractivity contribution < 1.29 is 18.6 Å². The van der Waals surface area contributed by atoms with Crippen LogP contribution >= 0.6 is 27.5 Å². The van der Waals surface area contributed by atoms with Crippen LogP contribution in [-0.4, -0.2) is 14.2 Å². The maximum absolute atomic E-state index is 13.2. The summed E-state index contributed by atoms with van der Waals surface area (Å²) in [6.45, 7) is 1.50. The van der Waals surface area contributed by atoms with E-state index >= 15 is 0 Å². The van der Waals surface area contributed by atoms with Crippen LogP contribution in [-0.2, 0) is 19.7 Å². The van der Waals surface area contributed by atoms with Gasteiger partial charge in [-0.1, -0.05) is 35.9 Å². The lowest BCUT2D eigenvalue weighted by Gasteiger charge is -2.15. The molecule has 0 aliphatic heterocycles. The molecule has 0 aliphatic rings. The lowest BCUT2D eigenvalue weighted by atomic mass is 10.1. The zero-order chi connectivity index (χ0) is 21.5. The van der Waals surface area contributed by atoms with E-state index in [0.29, 0.717) is 35.2 Å². The quantitative estimate of drug-likeness (QED) is 0.389. The van der Waals surface area contributed by atoms with Gasteiger partial charge >= 0.3 is 0 Å². The third-order valence-electron chi connectivity index (χ3n) is 4.51. The monoisotopic (exact) mass is 493 g/mol. The van der Waals surface area contributed by atoms with Crippen LogP contribution < -0.4 is 19.5 Å². The van der Waals surface area contributed by atoms with E-state index in [-0.39, 0.29) is 12.4 Å². The van der Waals surface area contributed by atoms with Gasteiger partial charge in [-0.05, 0) is 51.8 Å². The van der Waals surface area contributed by atoms with E-state index in [1.807, 2.05) is 36.4 Å². The van der Waals surface area contributed by atoms with E-state index in [0.717, 1.165) is 21.3 Å². The number of nitrogens with one attached hydrogen (secondary N) is 1. The molecule has 4 nitrogen and oxygen atoms in total. The predicted octanol–water partition coefficient (Wildman–Crippen LogP) is 6.13. The summed E-state index contributed by atoms with van der Waals surface area (Å²) in [6, 6.07) is 16.0. The number of ether oxygens (including phenoxy) is 3. The number of halogens is 3. The van der Waals surface area contributed by atoms with Crippen molar-refractivity contribution in [1.29, 1.82) is 0 Å². The Hall–Kier alpha value is -2.28. The van der Waals surface area contributed by atoms with Crippen molar-refractivity contribution in [2.75, 3.05) is 14.2 Å². The van der Waals surface area contributed by atoms with E-state index in [1.165, 1.54) is 12.1 Å². The second-order valence-corrected chi connectivity index (χ2v) is 7.81.